The molecule has 4 aliphatic rings. The number of fused-ring (bicyclic) bond motifs is 4. The van der Waals surface area contributed by atoms with E-state index in [9.17, 15) is 19.2 Å². The Morgan fingerprint density at radius 3 is 2.25 bits per heavy atom. The summed E-state index contributed by atoms with van der Waals surface area (Å²) < 4.78 is 13.5. The lowest BCUT2D eigenvalue weighted by Gasteiger charge is -2.44. The summed E-state index contributed by atoms with van der Waals surface area (Å²) in [5.41, 5.74) is 5.65. The Hall–Kier alpha value is -3.61. The molecule has 1 spiro atoms. The number of pyridine rings is 1. The molecular formula is C41H59N5O6Si. The van der Waals surface area contributed by atoms with E-state index in [0.29, 0.717) is 61.0 Å². The number of carbonyl (C=O) groups is 4. The average molecular weight is 746 g/mol. The normalized spacial score (nSPS) is 29.9. The van der Waals surface area contributed by atoms with Gasteiger partial charge in [0.2, 0.25) is 14.2 Å². The van der Waals surface area contributed by atoms with Crippen LogP contribution in [0.4, 0.5) is 0 Å². The van der Waals surface area contributed by atoms with Gasteiger partial charge < -0.3 is 19.8 Å². The topological polar surface area (TPSA) is 139 Å². The Morgan fingerprint density at radius 2 is 1.57 bits per heavy atom. The van der Waals surface area contributed by atoms with Crippen LogP contribution in [0.5, 0.6) is 0 Å². The quantitative estimate of drug-likeness (QED) is 0.225. The molecule has 3 N–H and O–H groups in total. The van der Waals surface area contributed by atoms with Crippen molar-refractivity contribution < 1.29 is 28.3 Å². The molecule has 2 aliphatic carbocycles. The van der Waals surface area contributed by atoms with Crippen molar-refractivity contribution in [3.63, 3.8) is 0 Å². The zero-order valence-corrected chi connectivity index (χ0v) is 33.7. The highest BCUT2D eigenvalue weighted by Gasteiger charge is 2.53. The lowest BCUT2D eigenvalue weighted by Crippen LogP contribution is -2.61. The van der Waals surface area contributed by atoms with Crippen LogP contribution in [0.15, 0.2) is 36.4 Å². The van der Waals surface area contributed by atoms with Crippen LogP contribution < -0.4 is 16.1 Å². The zero-order chi connectivity index (χ0) is 38.2. The summed E-state index contributed by atoms with van der Waals surface area (Å²) in [5, 5.41) is 8.30. The number of esters is 1. The fraction of sp³-hybridized carbons (Fsp3) is 0.634. The van der Waals surface area contributed by atoms with Crippen LogP contribution >= 0.6 is 0 Å². The van der Waals surface area contributed by atoms with Gasteiger partial charge in [-0.25, -0.2) is 5.43 Å². The third-order valence-electron chi connectivity index (χ3n) is 12.2. The number of nitrogens with one attached hydrogen (secondary N) is 3. The van der Waals surface area contributed by atoms with Crippen molar-refractivity contribution >= 4 is 49.0 Å². The van der Waals surface area contributed by atoms with Crippen molar-refractivity contribution in [2.24, 2.45) is 11.3 Å². The maximum atomic E-state index is 14.6. The molecule has 0 radical (unpaired) electrons. The highest BCUT2D eigenvalue weighted by molar-refractivity contribution is 6.77. The summed E-state index contributed by atoms with van der Waals surface area (Å²) in [7, 11) is -2.24. The number of amides is 3. The van der Waals surface area contributed by atoms with E-state index in [2.05, 4.69) is 57.6 Å². The minimum atomic E-state index is -2.24. The van der Waals surface area contributed by atoms with Crippen LogP contribution in [0.1, 0.15) is 118 Å². The molecule has 2 saturated carbocycles. The van der Waals surface area contributed by atoms with Crippen LogP contribution in [0.3, 0.4) is 0 Å². The van der Waals surface area contributed by atoms with Crippen LogP contribution in [0.25, 0.3) is 17.0 Å². The molecule has 2 aromatic rings. The van der Waals surface area contributed by atoms with Gasteiger partial charge in [-0.1, -0.05) is 71.9 Å². The van der Waals surface area contributed by atoms with Crippen molar-refractivity contribution in [2.75, 3.05) is 6.54 Å². The molecular weight excluding hydrogens is 687 g/mol. The maximum absolute atomic E-state index is 14.6. The Morgan fingerprint density at radius 1 is 0.887 bits per heavy atom. The highest BCUT2D eigenvalue weighted by Crippen LogP contribution is 2.49. The molecule has 1 aromatic carbocycles. The molecule has 6 atom stereocenters. The van der Waals surface area contributed by atoms with E-state index in [1.807, 2.05) is 49.4 Å². The first-order valence-corrected chi connectivity index (χ1v) is 21.9. The van der Waals surface area contributed by atoms with Gasteiger partial charge in [-0.2, -0.15) is 0 Å². The fourth-order valence-corrected chi connectivity index (χ4v) is 14.7. The molecule has 12 heteroatoms. The number of carbonyl (C=O) groups excluding carboxylic acids is 4. The van der Waals surface area contributed by atoms with Gasteiger partial charge in [-0.05, 0) is 93.1 Å². The number of hydrazine groups is 1. The smallest absolute Gasteiger partial charge is 0.316 e. The van der Waals surface area contributed by atoms with Crippen LogP contribution in [0, 0.1) is 11.3 Å². The van der Waals surface area contributed by atoms with Crippen molar-refractivity contribution in [1.82, 2.24) is 26.1 Å². The third-order valence-corrected chi connectivity index (χ3v) is 18.3. The second kappa shape index (κ2) is 15.6. The van der Waals surface area contributed by atoms with Gasteiger partial charge >= 0.3 is 5.97 Å². The van der Waals surface area contributed by atoms with E-state index in [0.717, 1.165) is 29.3 Å². The summed E-state index contributed by atoms with van der Waals surface area (Å²) in [5.74, 6) is -1.59. The van der Waals surface area contributed by atoms with Crippen LogP contribution in [-0.4, -0.2) is 72.8 Å². The second-order valence-corrected chi connectivity index (χ2v) is 22.3. The van der Waals surface area contributed by atoms with Crippen molar-refractivity contribution in [2.45, 2.75) is 147 Å². The zero-order valence-electron chi connectivity index (χ0n) is 32.7. The largest absolute Gasteiger partial charge is 0.451 e. The first-order chi connectivity index (χ1) is 25.1. The van der Waals surface area contributed by atoms with Gasteiger partial charge in [-0.15, -0.1) is 0 Å². The van der Waals surface area contributed by atoms with E-state index >= 15 is 0 Å². The lowest BCUT2D eigenvalue weighted by atomic mass is 9.85. The Labute approximate surface area is 315 Å². The number of hydrogen-bond acceptors (Lipinski definition) is 8. The number of cyclic esters (lactones) is 1. The number of rotatable bonds is 6. The van der Waals surface area contributed by atoms with Crippen molar-refractivity contribution in [3.8, 4) is 0 Å². The van der Waals surface area contributed by atoms with E-state index in [1.165, 1.54) is 5.01 Å². The van der Waals surface area contributed by atoms with Gasteiger partial charge in [-0.3, -0.25) is 29.2 Å². The average Bonchev–Trinajstić information content (AvgIpc) is 3.89. The van der Waals surface area contributed by atoms with E-state index in [4.69, 9.17) is 14.1 Å². The Kier molecular flexibility index (Phi) is 11.5. The monoisotopic (exact) mass is 745 g/mol. The molecule has 5 bridgehead atoms. The maximum Gasteiger partial charge on any atom is 0.316 e. The third kappa shape index (κ3) is 8.10. The van der Waals surface area contributed by atoms with Gasteiger partial charge in [0.15, 0.2) is 6.10 Å². The Balaban J connectivity index is 1.37. The van der Waals surface area contributed by atoms with Crippen LogP contribution in [-0.2, 0) is 28.3 Å². The number of ether oxygens (including phenoxy) is 1. The molecule has 6 rings (SSSR count). The SMILES string of the molecule is CC(C)[Si](OC1CCC2(/C=C/c3ccc4ccc(nc4c3)[C@@H](C)NC(=O)[C@@H]3CCCN(N3)C(=O)[C@H](C)NC(=O)[C@H](C3CC3)OC2=O)C1)(C(C)C)C(C)C. The van der Waals surface area contributed by atoms with E-state index < -0.39 is 43.8 Å². The summed E-state index contributed by atoms with van der Waals surface area (Å²) in [4.78, 5) is 60.4. The standard InChI is InChI=1S/C41H59N5O6Si/c1-24(2)53(25(3)4,26(5)6)52-32-18-20-41(23-32)19-17-29-11-12-30-15-16-33(44-35(30)22-29)27(7)42-37(47)34-10-9-21-46(45-34)39(49)28(8)43-38(48)36(31-13-14-31)51-40(41)50/h11-12,15-17,19,22,24-28,31-32,34,36,45H,9-10,13-14,18,20-21,23H2,1-8H3,(H,42,47)(H,43,48)/b19-17+/t27-,28+,32?,34+,36+,41?/m1/s1. The first kappa shape index (κ1) is 39.1. The predicted octanol–water partition coefficient (Wildman–Crippen LogP) is 6.49. The molecule has 2 unspecified atom stereocenters. The molecule has 1 aromatic heterocycles. The molecule has 3 amide bonds. The summed E-state index contributed by atoms with van der Waals surface area (Å²) in [6.07, 6.45) is 7.23. The lowest BCUT2D eigenvalue weighted by molar-refractivity contribution is -0.165. The van der Waals surface area contributed by atoms with Crippen molar-refractivity contribution in [1.29, 1.82) is 0 Å². The van der Waals surface area contributed by atoms with Gasteiger partial charge in [0.05, 0.1) is 22.7 Å². The number of hydrogen-bond donors (Lipinski definition) is 3. The molecule has 3 fully saturated rings. The molecule has 3 heterocycles. The van der Waals surface area contributed by atoms with Crippen LogP contribution in [0.2, 0.25) is 16.6 Å². The van der Waals surface area contributed by atoms with Gasteiger partial charge in [0.1, 0.15) is 12.1 Å². The van der Waals surface area contributed by atoms with Crippen molar-refractivity contribution in [3.05, 3.63) is 47.7 Å². The minimum Gasteiger partial charge on any atom is -0.451 e. The minimum absolute atomic E-state index is 0.107. The van der Waals surface area contributed by atoms with Gasteiger partial charge in [0, 0.05) is 24.0 Å². The Bertz CT molecular complexity index is 1720. The molecule has 1 saturated heterocycles. The second-order valence-electron chi connectivity index (χ2n) is 16.9. The number of benzene rings is 1. The van der Waals surface area contributed by atoms with E-state index in [1.54, 1.807) is 6.92 Å². The summed E-state index contributed by atoms with van der Waals surface area (Å²) >= 11 is 0. The predicted molar refractivity (Wildman–Crippen MR) is 208 cm³/mol. The van der Waals surface area contributed by atoms with Gasteiger partial charge in [0.25, 0.3) is 11.8 Å². The molecule has 11 nitrogen and oxygen atoms in total. The highest BCUT2D eigenvalue weighted by atomic mass is 28.4. The van der Waals surface area contributed by atoms with E-state index in [-0.39, 0.29) is 29.9 Å². The first-order valence-electron chi connectivity index (χ1n) is 19.8. The summed E-state index contributed by atoms with van der Waals surface area (Å²) in [6, 6.07) is 8.04. The fourth-order valence-electron chi connectivity index (χ4n) is 9.09. The number of aromatic nitrogens is 1. The number of nitrogens with zero attached hydrogens (tertiary/aromatic N) is 2. The molecule has 2 aliphatic heterocycles. The molecule has 288 valence electrons. The molecule has 53 heavy (non-hydrogen) atoms. The summed E-state index contributed by atoms with van der Waals surface area (Å²) in [6.45, 7) is 17.5.